The average Bonchev–Trinajstić information content (AvgIpc) is 3.38. The van der Waals surface area contributed by atoms with E-state index in [0.29, 0.717) is 31.5 Å². The molecule has 0 aliphatic carbocycles. The van der Waals surface area contributed by atoms with E-state index in [9.17, 15) is 0 Å². The minimum absolute atomic E-state index is 0.320. The number of aromatic nitrogens is 5. The lowest BCUT2D eigenvalue weighted by Gasteiger charge is -2.17. The predicted molar refractivity (Wildman–Crippen MR) is 114 cm³/mol. The number of rotatable bonds is 10. The highest BCUT2D eigenvalue weighted by atomic mass is 16.5. The number of ether oxygens (including phenoxy) is 1. The monoisotopic (exact) mass is 394 g/mol. The summed E-state index contributed by atoms with van der Waals surface area (Å²) in [5.41, 5.74) is 4.30. The molecule has 7 nitrogen and oxygen atoms in total. The van der Waals surface area contributed by atoms with Gasteiger partial charge < -0.3 is 10.1 Å². The number of aryl methyl sites for hydroxylation is 1. The Morgan fingerprint density at radius 2 is 2.10 bits per heavy atom. The normalized spacial score (nSPS) is 12.8. The fraction of sp³-hybridized carbons (Fsp3) is 0.409. The van der Waals surface area contributed by atoms with Crippen LogP contribution in [-0.2, 0) is 20.0 Å². The number of nitrogens with zero attached hydrogens (tertiary/aromatic N) is 5. The molecule has 3 aromatic heterocycles. The van der Waals surface area contributed by atoms with Gasteiger partial charge in [-0.2, -0.15) is 10.2 Å². The molecule has 3 heterocycles. The molecule has 0 bridgehead atoms. The van der Waals surface area contributed by atoms with E-state index in [4.69, 9.17) is 4.74 Å². The van der Waals surface area contributed by atoms with Crippen molar-refractivity contribution in [2.24, 2.45) is 7.05 Å². The lowest BCUT2D eigenvalue weighted by molar-refractivity contribution is 0.323. The predicted octanol–water partition coefficient (Wildman–Crippen LogP) is 3.75. The minimum atomic E-state index is 0.320. The Kier molecular flexibility index (Phi) is 7.05. The molecule has 0 fully saturated rings. The molecule has 0 saturated heterocycles. The Hall–Kier alpha value is -3.09. The van der Waals surface area contributed by atoms with Crippen molar-refractivity contribution in [3.05, 3.63) is 65.9 Å². The highest BCUT2D eigenvalue weighted by Crippen LogP contribution is 2.21. The molecule has 0 amide bonds. The van der Waals surface area contributed by atoms with Crippen LogP contribution >= 0.6 is 0 Å². The second-order valence-corrected chi connectivity index (χ2v) is 7.02. The molecule has 0 aliphatic rings. The summed E-state index contributed by atoms with van der Waals surface area (Å²) in [6, 6.07) is 6.37. The Balaban J connectivity index is 1.88. The molecule has 3 rings (SSSR count). The summed E-state index contributed by atoms with van der Waals surface area (Å²) in [4.78, 5) is 4.36. The first-order valence-corrected chi connectivity index (χ1v) is 10.1. The van der Waals surface area contributed by atoms with E-state index in [1.807, 2.05) is 43.3 Å². The van der Waals surface area contributed by atoms with E-state index in [2.05, 4.69) is 57.2 Å². The Morgan fingerprint density at radius 1 is 1.24 bits per heavy atom. The second kappa shape index (κ2) is 9.91. The molecule has 0 aliphatic heterocycles. The molecule has 0 aromatic carbocycles. The van der Waals surface area contributed by atoms with E-state index < -0.39 is 0 Å². The molecule has 29 heavy (non-hydrogen) atoms. The zero-order chi connectivity index (χ0) is 20.6. The molecule has 1 atom stereocenters. The van der Waals surface area contributed by atoms with Crippen LogP contribution in [0.1, 0.15) is 50.1 Å². The maximum absolute atomic E-state index is 5.68. The first kappa shape index (κ1) is 20.6. The van der Waals surface area contributed by atoms with Crippen LogP contribution < -0.4 is 10.1 Å². The third-order valence-electron chi connectivity index (χ3n) is 4.85. The van der Waals surface area contributed by atoms with E-state index in [1.165, 1.54) is 0 Å². The van der Waals surface area contributed by atoms with E-state index in [0.717, 1.165) is 28.9 Å². The van der Waals surface area contributed by atoms with Crippen LogP contribution in [0.2, 0.25) is 0 Å². The van der Waals surface area contributed by atoms with Crippen LogP contribution in [0.15, 0.2) is 49.1 Å². The topological polar surface area (TPSA) is 69.8 Å². The molecule has 1 N–H and O–H groups in total. The van der Waals surface area contributed by atoms with Gasteiger partial charge in [-0.1, -0.05) is 19.1 Å². The average molecular weight is 395 g/mol. The molecular formula is C22H30N6O. The number of hydrogen-bond acceptors (Lipinski definition) is 5. The van der Waals surface area contributed by atoms with Crippen LogP contribution in [0.25, 0.3) is 5.70 Å². The Bertz CT molecular complexity index is 942. The van der Waals surface area contributed by atoms with Gasteiger partial charge in [0.25, 0.3) is 0 Å². The van der Waals surface area contributed by atoms with Gasteiger partial charge in [-0.3, -0.25) is 9.36 Å². The lowest BCUT2D eigenvalue weighted by Crippen LogP contribution is -2.17. The van der Waals surface area contributed by atoms with Gasteiger partial charge in [-0.25, -0.2) is 4.98 Å². The summed E-state index contributed by atoms with van der Waals surface area (Å²) in [6.45, 7) is 7.62. The molecule has 0 saturated carbocycles. The zero-order valence-electron chi connectivity index (χ0n) is 17.7. The standard InChI is InChI=1S/C22H30N6O/c1-5-17(3)28-21(11-13-25-28)20(24-14-18-15-26-27(4)16-18)10-9-19-8-7-12-23-22(19)29-6-2/h7-8,10-13,15-17,24H,5-6,9,14H2,1-4H3/b20-10+. The van der Waals surface area contributed by atoms with Crippen molar-refractivity contribution in [2.45, 2.75) is 46.2 Å². The van der Waals surface area contributed by atoms with E-state index in [1.54, 1.807) is 6.20 Å². The smallest absolute Gasteiger partial charge is 0.216 e. The third kappa shape index (κ3) is 5.25. The molecule has 154 valence electrons. The van der Waals surface area contributed by atoms with Crippen LogP contribution in [-0.4, -0.2) is 31.2 Å². The molecule has 1 unspecified atom stereocenters. The number of nitrogens with one attached hydrogen (secondary N) is 1. The molecule has 0 radical (unpaired) electrons. The van der Waals surface area contributed by atoms with Gasteiger partial charge in [0.05, 0.1) is 24.2 Å². The van der Waals surface area contributed by atoms with Gasteiger partial charge in [0, 0.05) is 49.4 Å². The summed E-state index contributed by atoms with van der Waals surface area (Å²) in [5.74, 6) is 0.688. The second-order valence-electron chi connectivity index (χ2n) is 7.02. The SMILES string of the molecule is CCOc1ncccc1C/C=C(/NCc1cnn(C)c1)c1ccnn1C(C)CC. The summed E-state index contributed by atoms with van der Waals surface area (Å²) in [6.07, 6.45) is 11.4. The van der Waals surface area contributed by atoms with Crippen LogP contribution in [0.3, 0.4) is 0 Å². The van der Waals surface area contributed by atoms with Gasteiger partial charge in [0.15, 0.2) is 0 Å². The lowest BCUT2D eigenvalue weighted by atomic mass is 10.1. The molecule has 3 aromatic rings. The van der Waals surface area contributed by atoms with Gasteiger partial charge >= 0.3 is 0 Å². The highest BCUT2D eigenvalue weighted by molar-refractivity contribution is 5.61. The molecule has 0 spiro atoms. The highest BCUT2D eigenvalue weighted by Gasteiger charge is 2.13. The van der Waals surface area contributed by atoms with Gasteiger partial charge in [0.1, 0.15) is 0 Å². The van der Waals surface area contributed by atoms with Crippen molar-refractivity contribution in [2.75, 3.05) is 6.61 Å². The zero-order valence-corrected chi connectivity index (χ0v) is 17.7. The van der Waals surface area contributed by atoms with Crippen molar-refractivity contribution in [3.63, 3.8) is 0 Å². The van der Waals surface area contributed by atoms with Gasteiger partial charge in [-0.05, 0) is 38.8 Å². The number of pyridine rings is 1. The summed E-state index contributed by atoms with van der Waals surface area (Å²) >= 11 is 0. The Morgan fingerprint density at radius 3 is 2.83 bits per heavy atom. The van der Waals surface area contributed by atoms with Gasteiger partial charge in [0.2, 0.25) is 5.88 Å². The van der Waals surface area contributed by atoms with Crippen molar-refractivity contribution in [1.29, 1.82) is 0 Å². The van der Waals surface area contributed by atoms with Crippen LogP contribution in [0.5, 0.6) is 5.88 Å². The summed E-state index contributed by atoms with van der Waals surface area (Å²) < 4.78 is 9.57. The van der Waals surface area contributed by atoms with Crippen molar-refractivity contribution in [1.82, 2.24) is 29.9 Å². The van der Waals surface area contributed by atoms with Crippen molar-refractivity contribution < 1.29 is 4.74 Å². The summed E-state index contributed by atoms with van der Waals surface area (Å²) in [7, 11) is 1.93. The first-order chi connectivity index (χ1) is 14.1. The number of hydrogen-bond donors (Lipinski definition) is 1. The van der Waals surface area contributed by atoms with Crippen LogP contribution in [0.4, 0.5) is 0 Å². The number of allylic oxidation sites excluding steroid dienone is 1. The van der Waals surface area contributed by atoms with Crippen molar-refractivity contribution in [3.8, 4) is 5.88 Å². The molecule has 7 heteroatoms. The first-order valence-electron chi connectivity index (χ1n) is 10.1. The minimum Gasteiger partial charge on any atom is -0.478 e. The van der Waals surface area contributed by atoms with Crippen LogP contribution in [0, 0.1) is 0 Å². The Labute approximate surface area is 172 Å². The molecular weight excluding hydrogens is 364 g/mol. The quantitative estimate of drug-likeness (QED) is 0.567. The van der Waals surface area contributed by atoms with E-state index >= 15 is 0 Å². The van der Waals surface area contributed by atoms with Gasteiger partial charge in [-0.15, -0.1) is 0 Å². The fourth-order valence-corrected chi connectivity index (χ4v) is 3.14. The summed E-state index contributed by atoms with van der Waals surface area (Å²) in [5, 5.41) is 12.4. The third-order valence-corrected chi connectivity index (χ3v) is 4.85. The fourth-order valence-electron chi connectivity index (χ4n) is 3.14. The largest absolute Gasteiger partial charge is 0.478 e. The van der Waals surface area contributed by atoms with Crippen molar-refractivity contribution >= 4 is 5.70 Å². The maximum atomic E-state index is 5.68. The maximum Gasteiger partial charge on any atom is 0.216 e. The van der Waals surface area contributed by atoms with E-state index in [-0.39, 0.29) is 0 Å².